The van der Waals surface area contributed by atoms with Crippen LogP contribution in [0.2, 0.25) is 0 Å². The third-order valence-electron chi connectivity index (χ3n) is 4.44. The van der Waals surface area contributed by atoms with Gasteiger partial charge in [0, 0.05) is 16.6 Å². The summed E-state index contributed by atoms with van der Waals surface area (Å²) in [4.78, 5) is 9.17. The third-order valence-corrected chi connectivity index (χ3v) is 6.41. The quantitative estimate of drug-likeness (QED) is 0.225. The molecule has 0 saturated heterocycles. The predicted octanol–water partition coefficient (Wildman–Crippen LogP) is 7.38. The number of hydrogen-bond donors (Lipinski definition) is 1. The van der Waals surface area contributed by atoms with Crippen molar-refractivity contribution in [2.24, 2.45) is 10.7 Å². The average molecular weight is 502 g/mol. The number of alkyl halides is 6. The first-order valence-corrected chi connectivity index (χ1v) is 11.3. The predicted molar refractivity (Wildman–Crippen MR) is 120 cm³/mol. The number of allylic oxidation sites excluding steroid dienone is 2. The summed E-state index contributed by atoms with van der Waals surface area (Å²) in [6.45, 7) is 1.88. The molecule has 2 heterocycles. The van der Waals surface area contributed by atoms with Gasteiger partial charge in [0.05, 0.1) is 26.9 Å². The van der Waals surface area contributed by atoms with Gasteiger partial charge >= 0.3 is 12.4 Å². The Morgan fingerprint density at radius 3 is 2.39 bits per heavy atom. The van der Waals surface area contributed by atoms with Crippen molar-refractivity contribution in [1.29, 1.82) is 0 Å². The van der Waals surface area contributed by atoms with Gasteiger partial charge in [0.1, 0.15) is 5.70 Å². The summed E-state index contributed by atoms with van der Waals surface area (Å²) >= 11 is 2.55. The van der Waals surface area contributed by atoms with Crippen molar-refractivity contribution in [2.75, 3.05) is 6.26 Å². The lowest BCUT2D eigenvalue weighted by atomic mass is 10.1. The fraction of sp³-hybridized carbons (Fsp3) is 0.182. The van der Waals surface area contributed by atoms with Crippen LogP contribution in [0.4, 0.5) is 32.0 Å². The Morgan fingerprint density at radius 1 is 1.09 bits per heavy atom. The number of nitrogens with two attached hydrogens (primary N) is 1. The minimum Gasteiger partial charge on any atom is -0.395 e. The summed E-state index contributed by atoms with van der Waals surface area (Å²) in [5.41, 5.74) is 3.43. The maximum absolute atomic E-state index is 13.4. The van der Waals surface area contributed by atoms with E-state index in [9.17, 15) is 26.3 Å². The number of benzene rings is 1. The number of pyridine rings is 1. The van der Waals surface area contributed by atoms with Gasteiger partial charge in [-0.1, -0.05) is 12.1 Å². The fourth-order valence-corrected chi connectivity index (χ4v) is 4.36. The monoisotopic (exact) mass is 501 g/mol. The van der Waals surface area contributed by atoms with E-state index in [-0.39, 0.29) is 10.6 Å². The smallest absolute Gasteiger partial charge is 0.395 e. The molecule has 2 N–H and O–H groups in total. The van der Waals surface area contributed by atoms with E-state index in [1.165, 1.54) is 30.0 Å². The number of aliphatic imine (C=N–C) groups is 1. The highest BCUT2D eigenvalue weighted by Crippen LogP contribution is 2.37. The maximum atomic E-state index is 13.4. The summed E-state index contributed by atoms with van der Waals surface area (Å²) in [5, 5.41) is 0.836. The van der Waals surface area contributed by atoms with Gasteiger partial charge in [-0.05, 0) is 55.2 Å². The molecule has 0 unspecified atom stereocenters. The molecule has 0 aliphatic heterocycles. The Balaban J connectivity index is 2.13. The number of thiophene rings is 1. The molecule has 3 rings (SSSR count). The van der Waals surface area contributed by atoms with E-state index in [1.54, 1.807) is 12.3 Å². The summed E-state index contributed by atoms with van der Waals surface area (Å²) < 4.78 is 79.4. The van der Waals surface area contributed by atoms with Gasteiger partial charge in [-0.25, -0.2) is 9.98 Å². The van der Waals surface area contributed by atoms with Crippen molar-refractivity contribution in [3.05, 3.63) is 76.4 Å². The Hall–Kier alpha value is -2.79. The van der Waals surface area contributed by atoms with E-state index in [1.807, 2.05) is 19.2 Å². The lowest BCUT2D eigenvalue weighted by molar-refractivity contribution is -0.137. The highest BCUT2D eigenvalue weighted by molar-refractivity contribution is 7.98. The molecule has 3 aromatic rings. The lowest BCUT2D eigenvalue weighted by Crippen LogP contribution is -2.20. The SMILES string of the molecule is CSc1ncc(-c2ccc(C(/C=C(\N)C(F)(F)F)=Nc3ccccc3C(F)(F)F)s2)cc1C. The average Bonchev–Trinajstić information content (AvgIpc) is 3.22. The van der Waals surface area contributed by atoms with E-state index >= 15 is 0 Å². The van der Waals surface area contributed by atoms with Crippen LogP contribution in [0.5, 0.6) is 0 Å². The number of halogens is 6. The molecule has 0 bridgehead atoms. The highest BCUT2D eigenvalue weighted by atomic mass is 32.2. The molecule has 0 radical (unpaired) electrons. The number of aromatic nitrogens is 1. The first kappa shape index (κ1) is 24.8. The largest absolute Gasteiger partial charge is 0.430 e. The number of thioether (sulfide) groups is 1. The van der Waals surface area contributed by atoms with E-state index in [2.05, 4.69) is 9.98 Å². The van der Waals surface area contributed by atoms with E-state index in [4.69, 9.17) is 5.73 Å². The number of rotatable bonds is 5. The number of para-hydroxylation sites is 1. The van der Waals surface area contributed by atoms with Gasteiger partial charge in [0.25, 0.3) is 0 Å². The van der Waals surface area contributed by atoms with Crippen molar-refractivity contribution in [3.63, 3.8) is 0 Å². The van der Waals surface area contributed by atoms with Crippen LogP contribution in [-0.4, -0.2) is 23.1 Å². The normalized spacial score (nSPS) is 13.5. The van der Waals surface area contributed by atoms with Crippen LogP contribution in [0, 0.1) is 6.92 Å². The molecule has 0 aliphatic rings. The molecule has 2 aromatic heterocycles. The molecule has 0 amide bonds. The molecule has 0 spiro atoms. The molecule has 174 valence electrons. The van der Waals surface area contributed by atoms with Gasteiger partial charge in [0.15, 0.2) is 0 Å². The molecular formula is C22H17F6N3S2. The molecule has 0 atom stereocenters. The lowest BCUT2D eigenvalue weighted by Gasteiger charge is -2.11. The van der Waals surface area contributed by atoms with Crippen LogP contribution in [-0.2, 0) is 6.18 Å². The molecular weight excluding hydrogens is 484 g/mol. The zero-order valence-corrected chi connectivity index (χ0v) is 18.9. The topological polar surface area (TPSA) is 51.3 Å². The van der Waals surface area contributed by atoms with E-state index < -0.39 is 29.3 Å². The first-order valence-electron chi connectivity index (χ1n) is 9.30. The second-order valence-electron chi connectivity index (χ2n) is 6.82. The molecule has 3 nitrogen and oxygen atoms in total. The van der Waals surface area contributed by atoms with Crippen LogP contribution in [0.1, 0.15) is 16.0 Å². The summed E-state index contributed by atoms with van der Waals surface area (Å²) in [6, 6.07) is 9.43. The van der Waals surface area contributed by atoms with Gasteiger partial charge in [0.2, 0.25) is 0 Å². The van der Waals surface area contributed by atoms with Crippen LogP contribution in [0.15, 0.2) is 70.5 Å². The van der Waals surface area contributed by atoms with Crippen molar-refractivity contribution < 1.29 is 26.3 Å². The second-order valence-corrected chi connectivity index (χ2v) is 8.70. The molecule has 33 heavy (non-hydrogen) atoms. The summed E-state index contributed by atoms with van der Waals surface area (Å²) in [7, 11) is 0. The van der Waals surface area contributed by atoms with Gasteiger partial charge in [-0.15, -0.1) is 23.1 Å². The minimum atomic E-state index is -4.86. The van der Waals surface area contributed by atoms with Crippen LogP contribution < -0.4 is 5.73 Å². The Kier molecular flexibility index (Phi) is 7.23. The summed E-state index contributed by atoms with van der Waals surface area (Å²) in [6.07, 6.45) is -5.53. The first-order chi connectivity index (χ1) is 15.4. The van der Waals surface area contributed by atoms with Crippen LogP contribution in [0.3, 0.4) is 0 Å². The van der Waals surface area contributed by atoms with Crippen LogP contribution >= 0.6 is 23.1 Å². The van der Waals surface area contributed by atoms with Gasteiger partial charge in [-0.2, -0.15) is 26.3 Å². The number of hydrogen-bond acceptors (Lipinski definition) is 5. The molecule has 11 heteroatoms. The number of nitrogens with zero attached hydrogens (tertiary/aromatic N) is 2. The number of aryl methyl sites for hydroxylation is 1. The van der Waals surface area contributed by atoms with Crippen molar-refractivity contribution in [2.45, 2.75) is 24.3 Å². The van der Waals surface area contributed by atoms with Crippen molar-refractivity contribution >= 4 is 34.5 Å². The Labute approximate surface area is 194 Å². The maximum Gasteiger partial charge on any atom is 0.430 e. The highest BCUT2D eigenvalue weighted by Gasteiger charge is 2.34. The Morgan fingerprint density at radius 2 is 1.79 bits per heavy atom. The van der Waals surface area contributed by atoms with Crippen LogP contribution in [0.25, 0.3) is 10.4 Å². The third kappa shape index (κ3) is 5.97. The molecule has 1 aromatic carbocycles. The Bertz CT molecular complexity index is 1210. The summed E-state index contributed by atoms with van der Waals surface area (Å²) in [5.74, 6) is 0. The van der Waals surface area contributed by atoms with E-state index in [0.717, 1.165) is 39.6 Å². The van der Waals surface area contributed by atoms with Crippen molar-refractivity contribution in [1.82, 2.24) is 4.98 Å². The standard InChI is InChI=1S/C22H17F6N3S2/c1-12-9-13(11-30-20(12)32-2)17-7-8-18(33-17)16(10-19(29)22(26,27)28)31-15-6-4-3-5-14(15)21(23,24)25/h3-11H,29H2,1-2H3/b19-10-,31-16?. The molecule has 0 aliphatic carbocycles. The fourth-order valence-electron chi connectivity index (χ4n) is 2.87. The molecule has 0 saturated carbocycles. The minimum absolute atomic E-state index is 0.223. The zero-order chi connectivity index (χ0) is 24.4. The zero-order valence-electron chi connectivity index (χ0n) is 17.3. The second kappa shape index (κ2) is 9.60. The molecule has 0 fully saturated rings. The van der Waals surface area contributed by atoms with Gasteiger partial charge in [-0.3, -0.25) is 0 Å². The van der Waals surface area contributed by atoms with E-state index in [0.29, 0.717) is 11.0 Å². The van der Waals surface area contributed by atoms with Gasteiger partial charge < -0.3 is 5.73 Å². The van der Waals surface area contributed by atoms with Crippen molar-refractivity contribution in [3.8, 4) is 10.4 Å².